The Balaban J connectivity index is 1.50. The number of aryl methyl sites for hydroxylation is 1. The van der Waals surface area contributed by atoms with E-state index in [2.05, 4.69) is 10.5 Å². The lowest BCUT2D eigenvalue weighted by Crippen LogP contribution is -2.48. The number of hydrogen-bond donors (Lipinski definition) is 1. The third-order valence-corrected chi connectivity index (χ3v) is 8.39. The topological polar surface area (TPSA) is 92.5 Å². The van der Waals surface area contributed by atoms with Crippen molar-refractivity contribution in [3.8, 4) is 0 Å². The van der Waals surface area contributed by atoms with Gasteiger partial charge in [0.2, 0.25) is 15.9 Å². The molecule has 4 rings (SSSR count). The van der Waals surface area contributed by atoms with Gasteiger partial charge in [0.05, 0.1) is 5.92 Å². The smallest absolute Gasteiger partial charge is 0.248 e. The predicted molar refractivity (Wildman–Crippen MR) is 123 cm³/mol. The minimum atomic E-state index is -3.84. The van der Waals surface area contributed by atoms with Crippen molar-refractivity contribution in [3.05, 3.63) is 47.3 Å². The van der Waals surface area contributed by atoms with Crippen LogP contribution in [0.2, 0.25) is 0 Å². The molecule has 2 aliphatic rings. The van der Waals surface area contributed by atoms with Gasteiger partial charge in [0.25, 0.3) is 0 Å². The fourth-order valence-corrected chi connectivity index (χ4v) is 6.38. The molecule has 1 aromatic heterocycles. The Hall–Kier alpha value is -2.45. The largest absolute Gasteiger partial charge is 0.355 e. The summed E-state index contributed by atoms with van der Waals surface area (Å²) in [4.78, 5) is 12.9. The molecule has 0 radical (unpaired) electrons. The third-order valence-electron chi connectivity index (χ3n) is 6.36. The van der Waals surface area contributed by atoms with Crippen LogP contribution in [0.4, 0.5) is 0 Å². The Kier molecular flexibility index (Phi) is 7.10. The maximum Gasteiger partial charge on any atom is 0.248 e. The van der Waals surface area contributed by atoms with Crippen LogP contribution in [0.1, 0.15) is 62.0 Å². The Morgan fingerprint density at radius 3 is 2.59 bits per heavy atom. The highest BCUT2D eigenvalue weighted by Gasteiger charge is 2.37. The Bertz CT molecular complexity index is 1060. The number of nitrogens with zero attached hydrogens (tertiary/aromatic N) is 2. The highest BCUT2D eigenvalue weighted by molar-refractivity contribution is 7.89. The first-order chi connectivity index (χ1) is 15.4. The van der Waals surface area contributed by atoms with Crippen molar-refractivity contribution >= 4 is 28.1 Å². The monoisotopic (exact) mass is 457 g/mol. The summed E-state index contributed by atoms with van der Waals surface area (Å²) in [6.45, 7) is 2.21. The minimum Gasteiger partial charge on any atom is -0.355 e. The lowest BCUT2D eigenvalue weighted by Gasteiger charge is -2.32. The van der Waals surface area contributed by atoms with Gasteiger partial charge < -0.3 is 9.84 Å². The molecule has 1 amide bonds. The first kappa shape index (κ1) is 22.7. The summed E-state index contributed by atoms with van der Waals surface area (Å²) in [7, 11) is -3.84. The van der Waals surface area contributed by atoms with Crippen molar-refractivity contribution in [2.24, 2.45) is 5.92 Å². The van der Waals surface area contributed by atoms with Crippen molar-refractivity contribution in [2.45, 2.75) is 62.8 Å². The molecule has 1 saturated carbocycles. The number of benzene rings is 1. The van der Waals surface area contributed by atoms with Crippen LogP contribution in [0.3, 0.4) is 0 Å². The summed E-state index contributed by atoms with van der Waals surface area (Å²) >= 11 is 0. The van der Waals surface area contributed by atoms with Gasteiger partial charge in [0.15, 0.2) is 10.7 Å². The maximum atomic E-state index is 13.5. The van der Waals surface area contributed by atoms with Gasteiger partial charge in [-0.05, 0) is 44.2 Å². The number of hydrogen-bond acceptors (Lipinski definition) is 5. The third kappa shape index (κ3) is 5.13. The van der Waals surface area contributed by atoms with Crippen LogP contribution in [-0.4, -0.2) is 42.9 Å². The van der Waals surface area contributed by atoms with Crippen molar-refractivity contribution in [1.82, 2.24) is 14.8 Å². The lowest BCUT2D eigenvalue weighted by atomic mass is 9.93. The molecule has 2 aromatic rings. The van der Waals surface area contributed by atoms with E-state index >= 15 is 0 Å². The van der Waals surface area contributed by atoms with E-state index in [4.69, 9.17) is 4.52 Å². The molecule has 1 N–H and O–H groups in total. The number of carbonyl (C=O) groups is 1. The second kappa shape index (κ2) is 10.0. The average Bonchev–Trinajstić information content (AvgIpc) is 3.20. The van der Waals surface area contributed by atoms with E-state index in [1.165, 1.54) is 10.7 Å². The summed E-state index contributed by atoms with van der Waals surface area (Å²) in [5.41, 5.74) is 1.26. The average molecular weight is 458 g/mol. The van der Waals surface area contributed by atoms with Crippen LogP contribution in [0.15, 0.2) is 39.8 Å². The van der Waals surface area contributed by atoms with Gasteiger partial charge in [0, 0.05) is 19.1 Å². The van der Waals surface area contributed by atoms with Crippen molar-refractivity contribution in [1.29, 1.82) is 0 Å². The molecule has 1 saturated heterocycles. The van der Waals surface area contributed by atoms with Crippen LogP contribution in [0.5, 0.6) is 0 Å². The van der Waals surface area contributed by atoms with Crippen molar-refractivity contribution < 1.29 is 17.7 Å². The molecule has 7 nitrogen and oxygen atoms in total. The van der Waals surface area contributed by atoms with Gasteiger partial charge in [-0.1, -0.05) is 60.8 Å². The van der Waals surface area contributed by atoms with E-state index in [9.17, 15) is 13.2 Å². The normalized spacial score (nSPS) is 21.1. The summed E-state index contributed by atoms with van der Waals surface area (Å²) in [5.74, 6) is -0.146. The summed E-state index contributed by atoms with van der Waals surface area (Å²) in [5, 5.41) is 7.06. The molecule has 172 valence electrons. The molecule has 8 heteroatoms. The molecule has 1 aliphatic carbocycles. The number of sulfonamides is 1. The van der Waals surface area contributed by atoms with Crippen molar-refractivity contribution in [2.75, 3.05) is 13.1 Å². The Morgan fingerprint density at radius 2 is 1.84 bits per heavy atom. The van der Waals surface area contributed by atoms with Gasteiger partial charge in [-0.25, -0.2) is 8.42 Å². The van der Waals surface area contributed by atoms with E-state index < -0.39 is 10.0 Å². The molecule has 2 heterocycles. The highest BCUT2D eigenvalue weighted by Crippen LogP contribution is 2.29. The summed E-state index contributed by atoms with van der Waals surface area (Å²) in [6, 6.07) is 9.81. The number of piperidine rings is 1. The van der Waals surface area contributed by atoms with E-state index in [1.807, 2.05) is 30.3 Å². The molecule has 32 heavy (non-hydrogen) atoms. The Morgan fingerprint density at radius 1 is 1.09 bits per heavy atom. The lowest BCUT2D eigenvalue weighted by molar-refractivity contribution is -0.127. The molecule has 0 bridgehead atoms. The molecule has 1 unspecified atom stereocenters. The SMILES string of the molecule is Cc1noc(/C=C/c2ccccc2)c1S(=O)(=O)N1CCCC(C(=O)NC2CCCCC2)C1. The predicted octanol–water partition coefficient (Wildman–Crippen LogP) is 4.00. The fraction of sp³-hybridized carbons (Fsp3) is 0.500. The molecule has 1 aliphatic heterocycles. The van der Waals surface area contributed by atoms with E-state index in [0.717, 1.165) is 31.2 Å². The van der Waals surface area contributed by atoms with Crippen LogP contribution in [-0.2, 0) is 14.8 Å². The van der Waals surface area contributed by atoms with E-state index in [1.54, 1.807) is 19.1 Å². The van der Waals surface area contributed by atoms with Crippen LogP contribution >= 0.6 is 0 Å². The van der Waals surface area contributed by atoms with E-state index in [0.29, 0.717) is 25.1 Å². The standard InChI is InChI=1S/C24H31N3O4S/c1-18-23(22(31-26-18)15-14-19-9-4-2-5-10-19)32(29,30)27-16-8-11-20(17-27)24(28)25-21-12-6-3-7-13-21/h2,4-5,9-10,14-15,20-21H,3,6-8,11-13,16-17H2,1H3,(H,25,28)/b15-14+. The molecule has 2 fully saturated rings. The minimum absolute atomic E-state index is 0.0250. The number of nitrogens with one attached hydrogen (secondary N) is 1. The van der Waals surface area contributed by atoms with Gasteiger partial charge in [0.1, 0.15) is 5.69 Å². The highest BCUT2D eigenvalue weighted by atomic mass is 32.2. The van der Waals surface area contributed by atoms with Crippen LogP contribution < -0.4 is 5.32 Å². The quantitative estimate of drug-likeness (QED) is 0.708. The zero-order valence-corrected chi connectivity index (χ0v) is 19.3. The fourth-order valence-electron chi connectivity index (χ4n) is 4.60. The van der Waals surface area contributed by atoms with Gasteiger partial charge in [-0.2, -0.15) is 4.31 Å². The Labute approximate surface area is 189 Å². The van der Waals surface area contributed by atoms with Crippen LogP contribution in [0.25, 0.3) is 12.2 Å². The van der Waals surface area contributed by atoms with Gasteiger partial charge in [-0.15, -0.1) is 0 Å². The summed E-state index contributed by atoms with van der Waals surface area (Å²) < 4.78 is 33.8. The molecule has 0 spiro atoms. The number of rotatable bonds is 6. The molecule has 1 aromatic carbocycles. The van der Waals surface area contributed by atoms with Gasteiger partial charge in [-0.3, -0.25) is 4.79 Å². The summed E-state index contributed by atoms with van der Waals surface area (Å²) in [6.07, 6.45) is 10.3. The second-order valence-electron chi connectivity index (χ2n) is 8.75. The van der Waals surface area contributed by atoms with Crippen molar-refractivity contribution in [3.63, 3.8) is 0 Å². The number of amides is 1. The molecular formula is C24H31N3O4S. The van der Waals surface area contributed by atoms with Gasteiger partial charge >= 0.3 is 0 Å². The van der Waals surface area contributed by atoms with Crippen LogP contribution in [0, 0.1) is 12.8 Å². The maximum absolute atomic E-state index is 13.5. The number of carbonyl (C=O) groups excluding carboxylic acids is 1. The first-order valence-electron chi connectivity index (χ1n) is 11.4. The zero-order chi connectivity index (χ0) is 22.6. The second-order valence-corrected chi connectivity index (χ2v) is 10.6. The number of aromatic nitrogens is 1. The van der Waals surface area contributed by atoms with E-state index in [-0.39, 0.29) is 35.1 Å². The first-order valence-corrected chi connectivity index (χ1v) is 12.9. The molecule has 1 atom stereocenters. The zero-order valence-electron chi connectivity index (χ0n) is 18.5. The molecular weight excluding hydrogens is 426 g/mol.